The summed E-state index contributed by atoms with van der Waals surface area (Å²) in [6, 6.07) is 7.81. The fourth-order valence-electron chi connectivity index (χ4n) is 2.09. The van der Waals surface area contributed by atoms with Crippen LogP contribution in [0.4, 0.5) is 19.2 Å². The van der Waals surface area contributed by atoms with Crippen molar-refractivity contribution in [2.75, 3.05) is 5.32 Å². The molecule has 0 saturated carbocycles. The van der Waals surface area contributed by atoms with Crippen molar-refractivity contribution in [3.63, 3.8) is 0 Å². The van der Waals surface area contributed by atoms with E-state index in [-0.39, 0.29) is 35.3 Å². The van der Waals surface area contributed by atoms with E-state index in [0.29, 0.717) is 0 Å². The molecule has 2 aromatic heterocycles. The number of nitrogens with two attached hydrogens (primary N) is 1. The van der Waals surface area contributed by atoms with Gasteiger partial charge in [-0.1, -0.05) is 11.2 Å². The van der Waals surface area contributed by atoms with Crippen LogP contribution in [0.25, 0.3) is 0 Å². The van der Waals surface area contributed by atoms with Crippen molar-refractivity contribution in [1.82, 2.24) is 15.2 Å². The number of anilines is 1. The van der Waals surface area contributed by atoms with Crippen molar-refractivity contribution in [3.8, 4) is 11.6 Å². The first-order valence-corrected chi connectivity index (χ1v) is 7.49. The molecular formula is C16H12F3N5O3. The molecule has 8 nitrogen and oxygen atoms in total. The van der Waals surface area contributed by atoms with Gasteiger partial charge in [0.15, 0.2) is 0 Å². The largest absolute Gasteiger partial charge is 0.439 e. The summed E-state index contributed by atoms with van der Waals surface area (Å²) in [6.45, 7) is -0.116. The first kappa shape index (κ1) is 18.3. The van der Waals surface area contributed by atoms with Crippen LogP contribution >= 0.6 is 0 Å². The maximum Gasteiger partial charge on any atom is 0.433 e. The lowest BCUT2D eigenvalue weighted by atomic mass is 10.2. The molecule has 3 N–H and O–H groups in total. The Morgan fingerprint density at radius 2 is 2.07 bits per heavy atom. The van der Waals surface area contributed by atoms with Crippen molar-refractivity contribution in [3.05, 3.63) is 59.6 Å². The highest BCUT2D eigenvalue weighted by Crippen LogP contribution is 2.31. The van der Waals surface area contributed by atoms with E-state index >= 15 is 0 Å². The van der Waals surface area contributed by atoms with E-state index in [2.05, 4.69) is 20.5 Å². The van der Waals surface area contributed by atoms with Crippen LogP contribution in [0.2, 0.25) is 0 Å². The van der Waals surface area contributed by atoms with Gasteiger partial charge in [0.1, 0.15) is 11.4 Å². The molecule has 0 spiro atoms. The normalized spacial score (nSPS) is 11.3. The molecule has 0 radical (unpaired) electrons. The number of halogens is 3. The molecule has 0 aliphatic rings. The summed E-state index contributed by atoms with van der Waals surface area (Å²) < 4.78 is 49.0. The minimum Gasteiger partial charge on any atom is -0.439 e. The van der Waals surface area contributed by atoms with E-state index in [9.17, 15) is 18.0 Å². The van der Waals surface area contributed by atoms with Gasteiger partial charge in [0, 0.05) is 18.2 Å². The van der Waals surface area contributed by atoms with Crippen LogP contribution in [0.1, 0.15) is 21.6 Å². The van der Waals surface area contributed by atoms with Crippen molar-refractivity contribution in [2.24, 2.45) is 5.73 Å². The quantitative estimate of drug-likeness (QED) is 0.700. The number of benzene rings is 1. The molecule has 11 heteroatoms. The van der Waals surface area contributed by atoms with Crippen molar-refractivity contribution >= 4 is 11.9 Å². The molecule has 3 aromatic rings. The Balaban J connectivity index is 1.83. The van der Waals surface area contributed by atoms with Crippen LogP contribution in [-0.4, -0.2) is 21.1 Å². The summed E-state index contributed by atoms with van der Waals surface area (Å²) in [5.74, 6) is -0.743. The number of alkyl halides is 3. The lowest BCUT2D eigenvalue weighted by Crippen LogP contribution is -2.12. The summed E-state index contributed by atoms with van der Waals surface area (Å²) in [4.78, 5) is 15.6. The molecular weight excluding hydrogens is 367 g/mol. The zero-order valence-electron chi connectivity index (χ0n) is 13.5. The number of ether oxygens (including phenoxy) is 1. The lowest BCUT2D eigenvalue weighted by molar-refractivity contribution is -0.141. The highest BCUT2D eigenvalue weighted by atomic mass is 19.4. The van der Waals surface area contributed by atoms with E-state index in [1.165, 1.54) is 30.3 Å². The van der Waals surface area contributed by atoms with Gasteiger partial charge in [-0.25, -0.2) is 4.98 Å². The highest BCUT2D eigenvalue weighted by molar-refractivity contribution is 6.03. The minimum atomic E-state index is -4.64. The molecule has 2 heterocycles. The second-order valence-electron chi connectivity index (χ2n) is 5.23. The van der Waals surface area contributed by atoms with Gasteiger partial charge < -0.3 is 14.9 Å². The van der Waals surface area contributed by atoms with Gasteiger partial charge in [-0.05, 0) is 29.8 Å². The van der Waals surface area contributed by atoms with Crippen molar-refractivity contribution < 1.29 is 27.1 Å². The maximum absolute atomic E-state index is 12.9. The summed E-state index contributed by atoms with van der Waals surface area (Å²) in [7, 11) is 0. The van der Waals surface area contributed by atoms with Crippen LogP contribution in [-0.2, 0) is 12.7 Å². The molecule has 0 aliphatic carbocycles. The third-order valence-corrected chi connectivity index (χ3v) is 3.29. The van der Waals surface area contributed by atoms with Gasteiger partial charge in [-0.15, -0.1) is 5.10 Å². The van der Waals surface area contributed by atoms with Gasteiger partial charge in [-0.3, -0.25) is 10.1 Å². The van der Waals surface area contributed by atoms with Gasteiger partial charge in [0.2, 0.25) is 12.3 Å². The Hall–Kier alpha value is -3.47. The van der Waals surface area contributed by atoms with E-state index in [1.54, 1.807) is 0 Å². The van der Waals surface area contributed by atoms with Crippen molar-refractivity contribution in [1.29, 1.82) is 0 Å². The molecule has 0 saturated heterocycles. The van der Waals surface area contributed by atoms with Gasteiger partial charge in [0.25, 0.3) is 5.91 Å². The third-order valence-electron chi connectivity index (χ3n) is 3.29. The van der Waals surface area contributed by atoms with Gasteiger partial charge in [0.05, 0.1) is 0 Å². The predicted octanol–water partition coefficient (Wildman–Crippen LogP) is 2.99. The zero-order valence-corrected chi connectivity index (χ0v) is 13.5. The maximum atomic E-state index is 12.9. The van der Waals surface area contributed by atoms with Crippen LogP contribution in [0, 0.1) is 0 Å². The number of hydrogen-bond donors (Lipinski definition) is 2. The molecule has 27 heavy (non-hydrogen) atoms. The molecule has 0 aliphatic heterocycles. The molecule has 0 fully saturated rings. The first-order chi connectivity index (χ1) is 12.8. The number of carbonyl (C=O) groups excluding carboxylic acids is 1. The molecule has 1 aromatic carbocycles. The Kier molecular flexibility index (Phi) is 5.03. The summed E-state index contributed by atoms with van der Waals surface area (Å²) in [5, 5.41) is 9.30. The van der Waals surface area contributed by atoms with Crippen LogP contribution in [0.15, 0.2) is 47.2 Å². The predicted molar refractivity (Wildman–Crippen MR) is 85.9 cm³/mol. The third kappa shape index (κ3) is 4.58. The Labute approximate surface area is 150 Å². The minimum absolute atomic E-state index is 0.0987. The van der Waals surface area contributed by atoms with Crippen LogP contribution in [0.5, 0.6) is 11.6 Å². The number of aromatic nitrogens is 3. The number of hydrogen-bond acceptors (Lipinski definition) is 7. The standard InChI is InChI=1S/C16H12F3N5O3/c17-16(18,19)12-4-9(7-20)5-13(22-12)27-11-3-1-2-10(6-11)14(25)23-15-24-21-8-26-15/h1-6,8H,7,20H2,(H,23,24,25). The number of pyridine rings is 1. The molecule has 0 unspecified atom stereocenters. The van der Waals surface area contributed by atoms with E-state index in [0.717, 1.165) is 12.5 Å². The van der Waals surface area contributed by atoms with E-state index < -0.39 is 17.8 Å². The molecule has 3 rings (SSSR count). The number of nitrogens with one attached hydrogen (secondary N) is 1. The monoisotopic (exact) mass is 379 g/mol. The fraction of sp³-hybridized carbons (Fsp3) is 0.125. The number of rotatable bonds is 5. The van der Waals surface area contributed by atoms with Gasteiger partial charge >= 0.3 is 12.2 Å². The summed E-state index contributed by atoms with van der Waals surface area (Å²) in [5.41, 5.74) is 4.68. The summed E-state index contributed by atoms with van der Waals surface area (Å²) >= 11 is 0. The fourth-order valence-corrected chi connectivity index (χ4v) is 2.09. The summed E-state index contributed by atoms with van der Waals surface area (Å²) in [6.07, 6.45) is -3.60. The van der Waals surface area contributed by atoms with E-state index in [1.807, 2.05) is 0 Å². The second kappa shape index (κ2) is 7.41. The highest BCUT2D eigenvalue weighted by Gasteiger charge is 2.33. The number of amides is 1. The molecule has 0 atom stereocenters. The second-order valence-corrected chi connectivity index (χ2v) is 5.23. The average molecular weight is 379 g/mol. The first-order valence-electron chi connectivity index (χ1n) is 7.49. The Bertz CT molecular complexity index is 945. The molecule has 140 valence electrons. The lowest BCUT2D eigenvalue weighted by Gasteiger charge is -2.11. The van der Waals surface area contributed by atoms with E-state index in [4.69, 9.17) is 14.9 Å². The topological polar surface area (TPSA) is 116 Å². The van der Waals surface area contributed by atoms with Gasteiger partial charge in [-0.2, -0.15) is 13.2 Å². The average Bonchev–Trinajstić information content (AvgIpc) is 3.14. The Morgan fingerprint density at radius 1 is 1.26 bits per heavy atom. The zero-order chi connectivity index (χ0) is 19.4. The number of carbonyl (C=O) groups is 1. The number of nitrogens with zero attached hydrogens (tertiary/aromatic N) is 3. The molecule has 0 bridgehead atoms. The molecule has 1 amide bonds. The Morgan fingerprint density at radius 3 is 2.74 bits per heavy atom. The van der Waals surface area contributed by atoms with Crippen LogP contribution in [0.3, 0.4) is 0 Å². The van der Waals surface area contributed by atoms with Crippen LogP contribution < -0.4 is 15.8 Å². The SMILES string of the molecule is NCc1cc(Oc2cccc(C(=O)Nc3nnco3)c2)nc(C(F)(F)F)c1. The smallest absolute Gasteiger partial charge is 0.433 e. The van der Waals surface area contributed by atoms with Crippen molar-refractivity contribution in [2.45, 2.75) is 12.7 Å².